The van der Waals surface area contributed by atoms with E-state index in [0.717, 1.165) is 31.0 Å². The van der Waals surface area contributed by atoms with E-state index in [2.05, 4.69) is 34.4 Å². The van der Waals surface area contributed by atoms with Gasteiger partial charge in [0.2, 0.25) is 0 Å². The first-order chi connectivity index (χ1) is 12.0. The molecule has 1 aromatic heterocycles. The van der Waals surface area contributed by atoms with Crippen LogP contribution in [-0.2, 0) is 4.74 Å². The Bertz CT molecular complexity index is 593. The van der Waals surface area contributed by atoms with Crippen molar-refractivity contribution < 1.29 is 9.53 Å². The molecule has 2 aliphatic rings. The number of hydrogen-bond acceptors (Lipinski definition) is 4. The van der Waals surface area contributed by atoms with E-state index >= 15 is 0 Å². The standard InChI is InChI=1S/C19H30N4O2/c1-13(2)17(18-14(3)6-4-8-20-18)22-19(24)21-10-16-11-23-9-5-7-15(23)12-25-16/h4,6,8,13,15-17H,5,7,9-12H2,1-3H3,(H2,21,22,24)/t15-,16-,17-/m1/s1. The number of aryl methyl sites for hydroxylation is 1. The molecule has 138 valence electrons. The molecule has 2 amide bonds. The van der Waals surface area contributed by atoms with E-state index in [1.807, 2.05) is 19.1 Å². The van der Waals surface area contributed by atoms with Gasteiger partial charge in [-0.05, 0) is 43.9 Å². The Hall–Kier alpha value is -1.66. The number of nitrogens with zero attached hydrogens (tertiary/aromatic N) is 2. The van der Waals surface area contributed by atoms with Gasteiger partial charge in [-0.3, -0.25) is 9.88 Å². The zero-order valence-electron chi connectivity index (χ0n) is 15.5. The number of ether oxygens (including phenoxy) is 1. The van der Waals surface area contributed by atoms with Crippen molar-refractivity contribution in [2.24, 2.45) is 5.92 Å². The quantitative estimate of drug-likeness (QED) is 0.858. The average molecular weight is 346 g/mol. The molecule has 0 radical (unpaired) electrons. The molecular formula is C19H30N4O2. The zero-order chi connectivity index (χ0) is 17.8. The molecule has 0 spiro atoms. The normalized spacial score (nSPS) is 24.8. The molecule has 3 rings (SSSR count). The van der Waals surface area contributed by atoms with Crippen LogP contribution in [0.4, 0.5) is 4.79 Å². The van der Waals surface area contributed by atoms with Crippen LogP contribution in [0.5, 0.6) is 0 Å². The highest BCUT2D eigenvalue weighted by atomic mass is 16.5. The van der Waals surface area contributed by atoms with Gasteiger partial charge >= 0.3 is 6.03 Å². The summed E-state index contributed by atoms with van der Waals surface area (Å²) in [6, 6.07) is 4.27. The van der Waals surface area contributed by atoms with Crippen molar-refractivity contribution in [1.29, 1.82) is 0 Å². The molecule has 2 saturated heterocycles. The summed E-state index contributed by atoms with van der Waals surface area (Å²) in [5.41, 5.74) is 2.03. The van der Waals surface area contributed by atoms with Crippen molar-refractivity contribution in [1.82, 2.24) is 20.5 Å². The second-order valence-electron chi connectivity index (χ2n) is 7.53. The summed E-state index contributed by atoms with van der Waals surface area (Å²) in [4.78, 5) is 19.3. The highest BCUT2D eigenvalue weighted by Gasteiger charge is 2.32. The van der Waals surface area contributed by atoms with Gasteiger partial charge < -0.3 is 15.4 Å². The number of amides is 2. The highest BCUT2D eigenvalue weighted by molar-refractivity contribution is 5.74. The lowest BCUT2D eigenvalue weighted by Crippen LogP contribution is -2.51. The summed E-state index contributed by atoms with van der Waals surface area (Å²) in [5.74, 6) is 0.260. The number of urea groups is 1. The van der Waals surface area contributed by atoms with Gasteiger partial charge in [-0.25, -0.2) is 4.79 Å². The molecule has 2 aliphatic heterocycles. The predicted molar refractivity (Wildman–Crippen MR) is 97.4 cm³/mol. The molecule has 3 heterocycles. The molecule has 6 heteroatoms. The van der Waals surface area contributed by atoms with Crippen LogP contribution in [0.2, 0.25) is 0 Å². The second kappa shape index (κ2) is 8.15. The van der Waals surface area contributed by atoms with E-state index in [1.54, 1.807) is 6.20 Å². The molecular weight excluding hydrogens is 316 g/mol. The van der Waals surface area contributed by atoms with Crippen LogP contribution in [0.15, 0.2) is 18.3 Å². The van der Waals surface area contributed by atoms with Gasteiger partial charge in [0.15, 0.2) is 0 Å². The third-order valence-corrected chi connectivity index (χ3v) is 5.25. The van der Waals surface area contributed by atoms with Crippen LogP contribution in [0.25, 0.3) is 0 Å². The Balaban J connectivity index is 1.51. The first-order valence-corrected chi connectivity index (χ1v) is 9.36. The Morgan fingerprint density at radius 3 is 3.08 bits per heavy atom. The maximum Gasteiger partial charge on any atom is 0.315 e. The topological polar surface area (TPSA) is 66.5 Å². The third kappa shape index (κ3) is 4.50. The molecule has 2 fully saturated rings. The third-order valence-electron chi connectivity index (χ3n) is 5.25. The Labute approximate surface area is 150 Å². The number of carbonyl (C=O) groups excluding carboxylic acids is 1. The largest absolute Gasteiger partial charge is 0.373 e. The van der Waals surface area contributed by atoms with Crippen molar-refractivity contribution in [2.75, 3.05) is 26.2 Å². The lowest BCUT2D eigenvalue weighted by Gasteiger charge is -2.35. The molecule has 0 aliphatic carbocycles. The van der Waals surface area contributed by atoms with Crippen molar-refractivity contribution in [2.45, 2.75) is 51.8 Å². The van der Waals surface area contributed by atoms with Gasteiger partial charge in [0.25, 0.3) is 0 Å². The van der Waals surface area contributed by atoms with Crippen LogP contribution in [0.1, 0.15) is 44.0 Å². The number of hydrogen-bond donors (Lipinski definition) is 2. The molecule has 0 saturated carbocycles. The van der Waals surface area contributed by atoms with E-state index in [9.17, 15) is 4.79 Å². The predicted octanol–water partition coefficient (Wildman–Crippen LogP) is 2.25. The Morgan fingerprint density at radius 1 is 1.48 bits per heavy atom. The minimum Gasteiger partial charge on any atom is -0.373 e. The average Bonchev–Trinajstić information content (AvgIpc) is 3.06. The molecule has 3 atom stereocenters. The van der Waals surface area contributed by atoms with E-state index in [1.165, 1.54) is 12.8 Å². The molecule has 0 bridgehead atoms. The fourth-order valence-electron chi connectivity index (χ4n) is 3.78. The fourth-order valence-corrected chi connectivity index (χ4v) is 3.78. The maximum atomic E-state index is 12.4. The number of carbonyl (C=O) groups is 1. The van der Waals surface area contributed by atoms with Gasteiger partial charge in [0.05, 0.1) is 24.4 Å². The summed E-state index contributed by atoms with van der Waals surface area (Å²) in [6.45, 7) is 9.62. The summed E-state index contributed by atoms with van der Waals surface area (Å²) < 4.78 is 5.90. The van der Waals surface area contributed by atoms with Gasteiger partial charge in [0, 0.05) is 25.3 Å². The van der Waals surface area contributed by atoms with Crippen LogP contribution in [0, 0.1) is 12.8 Å². The number of morpholine rings is 1. The SMILES string of the molecule is Cc1cccnc1[C@H](NC(=O)NC[C@@H]1CN2CCC[C@@H]2CO1)C(C)C. The van der Waals surface area contributed by atoms with Gasteiger partial charge in [-0.1, -0.05) is 19.9 Å². The number of nitrogens with one attached hydrogen (secondary N) is 2. The van der Waals surface area contributed by atoms with E-state index in [0.29, 0.717) is 12.6 Å². The number of pyridine rings is 1. The lowest BCUT2D eigenvalue weighted by molar-refractivity contribution is -0.0458. The van der Waals surface area contributed by atoms with Crippen LogP contribution in [0.3, 0.4) is 0 Å². The number of aromatic nitrogens is 1. The van der Waals surface area contributed by atoms with E-state index in [-0.39, 0.29) is 24.1 Å². The van der Waals surface area contributed by atoms with Crippen LogP contribution >= 0.6 is 0 Å². The molecule has 6 nitrogen and oxygen atoms in total. The monoisotopic (exact) mass is 346 g/mol. The van der Waals surface area contributed by atoms with Gasteiger partial charge in [0.1, 0.15) is 0 Å². The van der Waals surface area contributed by atoms with E-state index in [4.69, 9.17) is 4.74 Å². The summed E-state index contributed by atoms with van der Waals surface area (Å²) >= 11 is 0. The summed E-state index contributed by atoms with van der Waals surface area (Å²) in [7, 11) is 0. The molecule has 0 unspecified atom stereocenters. The minimum absolute atomic E-state index is 0.0780. The smallest absolute Gasteiger partial charge is 0.315 e. The van der Waals surface area contributed by atoms with E-state index < -0.39 is 0 Å². The first-order valence-electron chi connectivity index (χ1n) is 9.36. The van der Waals surface area contributed by atoms with Crippen molar-refractivity contribution in [3.8, 4) is 0 Å². The van der Waals surface area contributed by atoms with Gasteiger partial charge in [-0.15, -0.1) is 0 Å². The number of fused-ring (bicyclic) bond motifs is 1. The molecule has 1 aromatic rings. The highest BCUT2D eigenvalue weighted by Crippen LogP contribution is 2.23. The first kappa shape index (κ1) is 18.1. The Kier molecular flexibility index (Phi) is 5.91. The zero-order valence-corrected chi connectivity index (χ0v) is 15.5. The number of rotatable bonds is 5. The molecule has 25 heavy (non-hydrogen) atoms. The maximum absolute atomic E-state index is 12.4. The lowest BCUT2D eigenvalue weighted by atomic mass is 9.97. The van der Waals surface area contributed by atoms with Crippen molar-refractivity contribution in [3.05, 3.63) is 29.6 Å². The molecule has 0 aromatic carbocycles. The minimum atomic E-state index is -0.157. The van der Waals surface area contributed by atoms with Crippen molar-refractivity contribution >= 4 is 6.03 Å². The Morgan fingerprint density at radius 2 is 2.32 bits per heavy atom. The molecule has 2 N–H and O–H groups in total. The van der Waals surface area contributed by atoms with Crippen LogP contribution < -0.4 is 10.6 Å². The summed E-state index contributed by atoms with van der Waals surface area (Å²) in [6.07, 6.45) is 4.35. The van der Waals surface area contributed by atoms with Crippen LogP contribution in [-0.4, -0.2) is 54.3 Å². The van der Waals surface area contributed by atoms with Crippen molar-refractivity contribution in [3.63, 3.8) is 0 Å². The summed E-state index contributed by atoms with van der Waals surface area (Å²) in [5, 5.41) is 6.06. The fraction of sp³-hybridized carbons (Fsp3) is 0.684. The van der Waals surface area contributed by atoms with Gasteiger partial charge in [-0.2, -0.15) is 0 Å². The second-order valence-corrected chi connectivity index (χ2v) is 7.53.